The number of allylic oxidation sites excluding steroid dienone is 1. The first-order valence-electron chi connectivity index (χ1n) is 10.6. The van der Waals surface area contributed by atoms with Crippen LogP contribution in [-0.4, -0.2) is 13.2 Å². The lowest BCUT2D eigenvalue weighted by Crippen LogP contribution is -2.13. The Morgan fingerprint density at radius 2 is 1.59 bits per heavy atom. The SMILES string of the molecule is CCCCCC1CCC(C=CCOc2ccc(OCCC)c(F)c2F)CC1. The molecule has 1 aliphatic rings. The lowest BCUT2D eigenvalue weighted by Gasteiger charge is -2.26. The third-order valence-electron chi connectivity index (χ3n) is 5.32. The fraction of sp³-hybridized carbons (Fsp3) is 0.652. The van der Waals surface area contributed by atoms with Crippen molar-refractivity contribution >= 4 is 0 Å². The molecule has 1 fully saturated rings. The number of halogens is 2. The van der Waals surface area contributed by atoms with Gasteiger partial charge in [-0.15, -0.1) is 0 Å². The normalized spacial score (nSPS) is 20.1. The average molecular weight is 381 g/mol. The number of hydrogen-bond acceptors (Lipinski definition) is 2. The summed E-state index contributed by atoms with van der Waals surface area (Å²) in [6, 6.07) is 2.85. The predicted octanol–water partition coefficient (Wildman–Crippen LogP) is 7.08. The van der Waals surface area contributed by atoms with E-state index >= 15 is 0 Å². The van der Waals surface area contributed by atoms with Gasteiger partial charge < -0.3 is 9.47 Å². The van der Waals surface area contributed by atoms with Crippen molar-refractivity contribution in [3.8, 4) is 11.5 Å². The molecule has 0 N–H and O–H groups in total. The van der Waals surface area contributed by atoms with Gasteiger partial charge >= 0.3 is 0 Å². The van der Waals surface area contributed by atoms with Crippen LogP contribution in [0.4, 0.5) is 8.78 Å². The smallest absolute Gasteiger partial charge is 0.204 e. The molecule has 0 spiro atoms. The maximum atomic E-state index is 14.0. The molecular formula is C23H34F2O2. The fourth-order valence-electron chi connectivity index (χ4n) is 3.69. The van der Waals surface area contributed by atoms with Gasteiger partial charge in [-0.25, -0.2) is 0 Å². The second kappa shape index (κ2) is 12.0. The number of ether oxygens (including phenoxy) is 2. The second-order valence-electron chi connectivity index (χ2n) is 7.55. The van der Waals surface area contributed by atoms with Gasteiger partial charge in [-0.05, 0) is 56.1 Å². The number of hydrogen-bond donors (Lipinski definition) is 0. The highest BCUT2D eigenvalue weighted by Crippen LogP contribution is 2.33. The van der Waals surface area contributed by atoms with Gasteiger partial charge in [-0.1, -0.05) is 51.7 Å². The third kappa shape index (κ3) is 7.15. The molecule has 2 rings (SSSR count). The molecule has 1 aliphatic carbocycles. The molecule has 4 heteroatoms. The fourth-order valence-corrected chi connectivity index (χ4v) is 3.69. The molecule has 0 heterocycles. The van der Waals surface area contributed by atoms with E-state index in [2.05, 4.69) is 13.0 Å². The highest BCUT2D eigenvalue weighted by molar-refractivity contribution is 5.35. The molecule has 0 atom stereocenters. The van der Waals surface area contributed by atoms with Crippen LogP contribution in [-0.2, 0) is 0 Å². The van der Waals surface area contributed by atoms with Crippen LogP contribution < -0.4 is 9.47 Å². The topological polar surface area (TPSA) is 18.5 Å². The van der Waals surface area contributed by atoms with Gasteiger partial charge in [-0.2, -0.15) is 8.78 Å². The van der Waals surface area contributed by atoms with E-state index in [0.717, 1.165) is 12.3 Å². The van der Waals surface area contributed by atoms with E-state index in [0.29, 0.717) is 12.5 Å². The summed E-state index contributed by atoms with van der Waals surface area (Å²) in [4.78, 5) is 0. The van der Waals surface area contributed by atoms with Gasteiger partial charge in [0.05, 0.1) is 6.61 Å². The predicted molar refractivity (Wildman–Crippen MR) is 106 cm³/mol. The molecule has 0 aliphatic heterocycles. The van der Waals surface area contributed by atoms with E-state index in [1.165, 1.54) is 63.5 Å². The van der Waals surface area contributed by atoms with Gasteiger partial charge in [0.1, 0.15) is 6.61 Å². The van der Waals surface area contributed by atoms with Crippen LogP contribution in [0.5, 0.6) is 11.5 Å². The van der Waals surface area contributed by atoms with E-state index in [-0.39, 0.29) is 18.1 Å². The summed E-state index contributed by atoms with van der Waals surface area (Å²) >= 11 is 0. The Morgan fingerprint density at radius 1 is 0.926 bits per heavy atom. The Bertz CT molecular complexity index is 578. The van der Waals surface area contributed by atoms with Crippen molar-refractivity contribution in [3.63, 3.8) is 0 Å². The van der Waals surface area contributed by atoms with Crippen LogP contribution in [0.25, 0.3) is 0 Å². The zero-order valence-electron chi connectivity index (χ0n) is 16.8. The molecule has 152 valence electrons. The summed E-state index contributed by atoms with van der Waals surface area (Å²) in [6.45, 7) is 4.78. The van der Waals surface area contributed by atoms with E-state index in [1.54, 1.807) is 0 Å². The van der Waals surface area contributed by atoms with Crippen LogP contribution >= 0.6 is 0 Å². The minimum atomic E-state index is -0.982. The minimum absolute atomic E-state index is 0.0621. The van der Waals surface area contributed by atoms with Crippen molar-refractivity contribution in [2.24, 2.45) is 11.8 Å². The zero-order valence-corrected chi connectivity index (χ0v) is 16.8. The van der Waals surface area contributed by atoms with E-state index < -0.39 is 11.6 Å². The first kappa shape index (κ1) is 21.7. The molecule has 0 unspecified atom stereocenters. The highest BCUT2D eigenvalue weighted by atomic mass is 19.2. The summed E-state index contributed by atoms with van der Waals surface area (Å²) in [5.74, 6) is -0.616. The molecule has 27 heavy (non-hydrogen) atoms. The molecule has 1 aromatic rings. The zero-order chi connectivity index (χ0) is 19.5. The Kier molecular flexibility index (Phi) is 9.65. The first-order chi connectivity index (χ1) is 13.2. The van der Waals surface area contributed by atoms with E-state index in [1.807, 2.05) is 13.0 Å². The third-order valence-corrected chi connectivity index (χ3v) is 5.32. The van der Waals surface area contributed by atoms with Crippen molar-refractivity contribution in [1.29, 1.82) is 0 Å². The van der Waals surface area contributed by atoms with Crippen LogP contribution in [0.1, 0.15) is 71.6 Å². The quantitative estimate of drug-likeness (QED) is 0.302. The Balaban J connectivity index is 1.72. The van der Waals surface area contributed by atoms with Crippen LogP contribution in [0, 0.1) is 23.5 Å². The second-order valence-corrected chi connectivity index (χ2v) is 7.55. The van der Waals surface area contributed by atoms with Gasteiger partial charge in [0, 0.05) is 0 Å². The van der Waals surface area contributed by atoms with E-state index in [9.17, 15) is 8.78 Å². The Hall–Kier alpha value is -1.58. The summed E-state index contributed by atoms with van der Waals surface area (Å²) in [5, 5.41) is 0. The van der Waals surface area contributed by atoms with Gasteiger partial charge in [0.25, 0.3) is 0 Å². The molecule has 0 amide bonds. The Morgan fingerprint density at radius 3 is 2.22 bits per heavy atom. The van der Waals surface area contributed by atoms with Gasteiger partial charge in [0.15, 0.2) is 11.5 Å². The Labute approximate surface area is 162 Å². The lowest BCUT2D eigenvalue weighted by molar-refractivity contribution is 0.283. The lowest BCUT2D eigenvalue weighted by atomic mass is 9.79. The molecule has 0 bridgehead atoms. The monoisotopic (exact) mass is 380 g/mol. The van der Waals surface area contributed by atoms with Crippen molar-refractivity contribution in [2.45, 2.75) is 71.6 Å². The highest BCUT2D eigenvalue weighted by Gasteiger charge is 2.19. The van der Waals surface area contributed by atoms with Crippen LogP contribution in [0.15, 0.2) is 24.3 Å². The van der Waals surface area contributed by atoms with Crippen LogP contribution in [0.2, 0.25) is 0 Å². The average Bonchev–Trinajstić information content (AvgIpc) is 2.69. The van der Waals surface area contributed by atoms with Crippen molar-refractivity contribution in [2.75, 3.05) is 13.2 Å². The number of unbranched alkanes of at least 4 members (excludes halogenated alkanes) is 2. The molecule has 1 aromatic carbocycles. The molecular weight excluding hydrogens is 346 g/mol. The van der Waals surface area contributed by atoms with E-state index in [4.69, 9.17) is 9.47 Å². The van der Waals surface area contributed by atoms with Crippen molar-refractivity contribution in [3.05, 3.63) is 35.9 Å². The summed E-state index contributed by atoms with van der Waals surface area (Å²) < 4.78 is 38.6. The maximum absolute atomic E-state index is 14.0. The summed E-state index contributed by atoms with van der Waals surface area (Å²) in [6.07, 6.45) is 15.3. The number of rotatable bonds is 11. The molecule has 0 radical (unpaired) electrons. The molecule has 0 saturated heterocycles. The first-order valence-corrected chi connectivity index (χ1v) is 10.6. The molecule has 1 saturated carbocycles. The molecule has 0 aromatic heterocycles. The van der Waals surface area contributed by atoms with Gasteiger partial charge in [-0.3, -0.25) is 0 Å². The standard InChI is InChI=1S/C23H34F2O2/c1-3-5-6-8-18-10-12-19(13-11-18)9-7-17-27-21-15-14-20(26-16-4-2)22(24)23(21)25/h7,9,14-15,18-19H,3-6,8,10-13,16-17H2,1-2H3. The minimum Gasteiger partial charge on any atom is -0.490 e. The van der Waals surface area contributed by atoms with Crippen LogP contribution in [0.3, 0.4) is 0 Å². The van der Waals surface area contributed by atoms with Crippen molar-refractivity contribution < 1.29 is 18.3 Å². The summed E-state index contributed by atoms with van der Waals surface area (Å²) in [5.41, 5.74) is 0. The largest absolute Gasteiger partial charge is 0.490 e. The maximum Gasteiger partial charge on any atom is 0.204 e. The molecule has 2 nitrogen and oxygen atoms in total. The number of benzene rings is 1. The summed E-state index contributed by atoms with van der Waals surface area (Å²) in [7, 11) is 0. The van der Waals surface area contributed by atoms with Crippen molar-refractivity contribution in [1.82, 2.24) is 0 Å². The van der Waals surface area contributed by atoms with Gasteiger partial charge in [0.2, 0.25) is 11.6 Å².